The van der Waals surface area contributed by atoms with Gasteiger partial charge in [-0.25, -0.2) is 0 Å². The molecule has 0 aliphatic rings. The van der Waals surface area contributed by atoms with Crippen LogP contribution in [-0.2, 0) is 6.42 Å². The Balaban J connectivity index is 2.00. The highest BCUT2D eigenvalue weighted by Gasteiger charge is 2.07. The smallest absolute Gasteiger partial charge is 0.163 e. The third-order valence-corrected chi connectivity index (χ3v) is 3.34. The maximum atomic E-state index is 12.2. The number of hydrogen-bond donors (Lipinski definition) is 0. The average molecular weight is 268 g/mol. The number of ether oxygens (including phenoxy) is 1. The topological polar surface area (TPSA) is 26.3 Å². The van der Waals surface area contributed by atoms with Crippen LogP contribution in [0.1, 0.15) is 33.5 Å². The van der Waals surface area contributed by atoms with E-state index >= 15 is 0 Å². The number of methoxy groups -OCH3 is 1. The Bertz CT molecular complexity index is 577. The molecule has 0 fully saturated rings. The predicted molar refractivity (Wildman–Crippen MR) is 81.6 cm³/mol. The van der Waals surface area contributed by atoms with Gasteiger partial charge in [0.25, 0.3) is 0 Å². The predicted octanol–water partition coefficient (Wildman–Crippen LogP) is 4.13. The lowest BCUT2D eigenvalue weighted by Gasteiger charge is -2.05. The quantitative estimate of drug-likeness (QED) is 0.762. The van der Waals surface area contributed by atoms with Crippen LogP contribution >= 0.6 is 0 Å². The van der Waals surface area contributed by atoms with E-state index in [1.165, 1.54) is 0 Å². The minimum Gasteiger partial charge on any atom is -0.497 e. The number of carbonyl (C=O) groups is 1. The molecule has 2 aromatic rings. The van der Waals surface area contributed by atoms with Crippen molar-refractivity contribution in [2.75, 3.05) is 7.11 Å². The van der Waals surface area contributed by atoms with Gasteiger partial charge in [-0.3, -0.25) is 4.79 Å². The van der Waals surface area contributed by atoms with Gasteiger partial charge in [-0.1, -0.05) is 29.3 Å². The van der Waals surface area contributed by atoms with Crippen molar-refractivity contribution >= 4 is 5.78 Å². The first kappa shape index (κ1) is 14.3. The van der Waals surface area contributed by atoms with Crippen molar-refractivity contribution < 1.29 is 9.53 Å². The lowest BCUT2D eigenvalue weighted by Crippen LogP contribution is -2.02. The molecule has 0 aliphatic carbocycles. The van der Waals surface area contributed by atoms with E-state index in [-0.39, 0.29) is 5.78 Å². The number of aryl methyl sites for hydroxylation is 3. The number of benzene rings is 2. The zero-order chi connectivity index (χ0) is 14.5. The second kappa shape index (κ2) is 6.38. The highest BCUT2D eigenvalue weighted by Crippen LogP contribution is 2.15. The molecule has 0 spiro atoms. The van der Waals surface area contributed by atoms with E-state index in [9.17, 15) is 4.79 Å². The Hall–Kier alpha value is -2.09. The van der Waals surface area contributed by atoms with Gasteiger partial charge < -0.3 is 4.74 Å². The molecule has 0 saturated heterocycles. The van der Waals surface area contributed by atoms with Crippen LogP contribution < -0.4 is 4.74 Å². The van der Waals surface area contributed by atoms with Crippen LogP contribution in [0.4, 0.5) is 0 Å². The van der Waals surface area contributed by atoms with Gasteiger partial charge in [-0.15, -0.1) is 0 Å². The minimum atomic E-state index is 0.201. The van der Waals surface area contributed by atoms with Crippen LogP contribution in [-0.4, -0.2) is 12.9 Å². The molecule has 0 amide bonds. The molecule has 0 unspecified atom stereocenters. The van der Waals surface area contributed by atoms with Crippen LogP contribution in [0, 0.1) is 13.8 Å². The number of rotatable bonds is 5. The van der Waals surface area contributed by atoms with E-state index in [1.54, 1.807) is 7.11 Å². The van der Waals surface area contributed by atoms with E-state index in [0.717, 1.165) is 34.4 Å². The van der Waals surface area contributed by atoms with Crippen molar-refractivity contribution in [2.45, 2.75) is 26.7 Å². The molecule has 20 heavy (non-hydrogen) atoms. The van der Waals surface area contributed by atoms with E-state index < -0.39 is 0 Å². The third-order valence-electron chi connectivity index (χ3n) is 3.34. The molecule has 0 bridgehead atoms. The highest BCUT2D eigenvalue weighted by atomic mass is 16.5. The summed E-state index contributed by atoms with van der Waals surface area (Å²) >= 11 is 0. The summed E-state index contributed by atoms with van der Waals surface area (Å²) < 4.78 is 5.12. The summed E-state index contributed by atoms with van der Waals surface area (Å²) in [5.41, 5.74) is 4.25. The van der Waals surface area contributed by atoms with Crippen molar-refractivity contribution in [2.24, 2.45) is 0 Å². The maximum absolute atomic E-state index is 12.2. The molecule has 0 heterocycles. The molecule has 0 radical (unpaired) electrons. The van der Waals surface area contributed by atoms with E-state index in [4.69, 9.17) is 4.74 Å². The van der Waals surface area contributed by atoms with Gasteiger partial charge >= 0.3 is 0 Å². The van der Waals surface area contributed by atoms with E-state index in [0.29, 0.717) is 6.42 Å². The number of carbonyl (C=O) groups excluding carboxylic acids is 1. The monoisotopic (exact) mass is 268 g/mol. The van der Waals surface area contributed by atoms with Crippen LogP contribution in [0.2, 0.25) is 0 Å². The fourth-order valence-electron chi connectivity index (χ4n) is 2.33. The molecular formula is C18H20O2. The molecule has 0 aliphatic heterocycles. The van der Waals surface area contributed by atoms with Gasteiger partial charge in [0, 0.05) is 12.0 Å². The number of ketones is 1. The highest BCUT2D eigenvalue weighted by molar-refractivity contribution is 5.96. The summed E-state index contributed by atoms with van der Waals surface area (Å²) in [6.45, 7) is 4.04. The molecule has 2 nitrogen and oxygen atoms in total. The van der Waals surface area contributed by atoms with Gasteiger partial charge in [0.1, 0.15) is 5.75 Å². The van der Waals surface area contributed by atoms with Gasteiger partial charge in [0.15, 0.2) is 5.78 Å². The first-order chi connectivity index (χ1) is 9.58. The van der Waals surface area contributed by atoms with Gasteiger partial charge in [0.05, 0.1) is 7.11 Å². The second-order valence-electron chi connectivity index (χ2n) is 5.15. The molecule has 104 valence electrons. The maximum Gasteiger partial charge on any atom is 0.163 e. The van der Waals surface area contributed by atoms with Crippen molar-refractivity contribution in [1.82, 2.24) is 0 Å². The SMILES string of the molecule is COc1ccc(CCC(=O)c2cc(C)cc(C)c2)cc1. The van der Waals surface area contributed by atoms with Crippen molar-refractivity contribution in [3.05, 3.63) is 64.7 Å². The first-order valence-corrected chi connectivity index (χ1v) is 6.83. The number of Topliss-reactive ketones (excluding diaryl/α,β-unsaturated/α-hetero) is 1. The second-order valence-corrected chi connectivity index (χ2v) is 5.15. The Kier molecular flexibility index (Phi) is 4.57. The summed E-state index contributed by atoms with van der Waals surface area (Å²) in [5, 5.41) is 0. The van der Waals surface area contributed by atoms with Gasteiger partial charge in [0.2, 0.25) is 0 Å². The molecule has 0 atom stereocenters. The van der Waals surface area contributed by atoms with Crippen molar-refractivity contribution in [1.29, 1.82) is 0 Å². The minimum absolute atomic E-state index is 0.201. The van der Waals surface area contributed by atoms with Crippen LogP contribution in [0.15, 0.2) is 42.5 Å². The summed E-state index contributed by atoms with van der Waals surface area (Å²) in [5.74, 6) is 1.04. The molecule has 2 heteroatoms. The molecule has 2 aromatic carbocycles. The summed E-state index contributed by atoms with van der Waals surface area (Å²) in [4.78, 5) is 12.2. The molecular weight excluding hydrogens is 248 g/mol. The van der Waals surface area contributed by atoms with E-state index in [1.807, 2.05) is 50.2 Å². The van der Waals surface area contributed by atoms with Crippen molar-refractivity contribution in [3.8, 4) is 5.75 Å². The average Bonchev–Trinajstić information content (AvgIpc) is 2.44. The number of hydrogen-bond acceptors (Lipinski definition) is 2. The third kappa shape index (κ3) is 3.70. The lowest BCUT2D eigenvalue weighted by atomic mass is 9.99. The standard InChI is InChI=1S/C18H20O2/c1-13-10-14(2)12-16(11-13)18(19)9-6-15-4-7-17(20-3)8-5-15/h4-5,7-8,10-12H,6,9H2,1-3H3. The zero-order valence-corrected chi connectivity index (χ0v) is 12.3. The summed E-state index contributed by atoms with van der Waals surface area (Å²) in [6, 6.07) is 13.9. The molecule has 2 rings (SSSR count). The Morgan fingerprint density at radius 1 is 1.00 bits per heavy atom. The molecule has 0 aromatic heterocycles. The largest absolute Gasteiger partial charge is 0.497 e. The van der Waals surface area contributed by atoms with Crippen LogP contribution in [0.25, 0.3) is 0 Å². The molecule has 0 N–H and O–H groups in total. The van der Waals surface area contributed by atoms with Gasteiger partial charge in [-0.05, 0) is 50.1 Å². The summed E-state index contributed by atoms with van der Waals surface area (Å²) in [7, 11) is 1.65. The zero-order valence-electron chi connectivity index (χ0n) is 12.3. The van der Waals surface area contributed by atoms with Crippen LogP contribution in [0.3, 0.4) is 0 Å². The Morgan fingerprint density at radius 2 is 1.60 bits per heavy atom. The van der Waals surface area contributed by atoms with Crippen LogP contribution in [0.5, 0.6) is 5.75 Å². The molecule has 0 saturated carbocycles. The van der Waals surface area contributed by atoms with Gasteiger partial charge in [-0.2, -0.15) is 0 Å². The lowest BCUT2D eigenvalue weighted by molar-refractivity contribution is 0.0982. The van der Waals surface area contributed by atoms with E-state index in [2.05, 4.69) is 6.07 Å². The summed E-state index contributed by atoms with van der Waals surface area (Å²) in [6.07, 6.45) is 1.30. The first-order valence-electron chi connectivity index (χ1n) is 6.83. The fraction of sp³-hybridized carbons (Fsp3) is 0.278. The Labute approximate surface area is 120 Å². The van der Waals surface area contributed by atoms with Crippen molar-refractivity contribution in [3.63, 3.8) is 0 Å². The Morgan fingerprint density at radius 3 is 2.15 bits per heavy atom. The normalized spacial score (nSPS) is 10.3. The fourth-order valence-corrected chi connectivity index (χ4v) is 2.33.